The van der Waals surface area contributed by atoms with Gasteiger partial charge in [0.1, 0.15) is 0 Å². The molecule has 1 saturated heterocycles. The highest BCUT2D eigenvalue weighted by atomic mass is 32.2. The van der Waals surface area contributed by atoms with Crippen LogP contribution < -0.4 is 14.9 Å². The number of likely N-dealkylation sites (N-methyl/N-ethyl adjacent to an activating group) is 1. The molecule has 2 aromatic rings. The Morgan fingerprint density at radius 1 is 1.00 bits per heavy atom. The van der Waals surface area contributed by atoms with Crippen molar-refractivity contribution in [2.75, 3.05) is 43.4 Å². The number of nitrogens with one attached hydrogen (secondary N) is 2. The highest BCUT2D eigenvalue weighted by Crippen LogP contribution is 2.25. The summed E-state index contributed by atoms with van der Waals surface area (Å²) in [6.45, 7) is 6.12. The highest BCUT2D eigenvalue weighted by Gasteiger charge is 2.28. The molecule has 30 heavy (non-hydrogen) atoms. The Balaban J connectivity index is 1.41. The van der Waals surface area contributed by atoms with Gasteiger partial charge in [-0.1, -0.05) is 0 Å². The number of hydrogen-bond acceptors (Lipinski definition) is 5. The van der Waals surface area contributed by atoms with Gasteiger partial charge in [0.2, 0.25) is 10.0 Å². The van der Waals surface area contributed by atoms with Gasteiger partial charge in [0, 0.05) is 49.2 Å². The molecule has 0 aromatic heterocycles. The Morgan fingerprint density at radius 2 is 1.67 bits per heavy atom. The van der Waals surface area contributed by atoms with Crippen LogP contribution in [-0.4, -0.2) is 58.5 Å². The molecule has 0 bridgehead atoms. The molecule has 1 heterocycles. The zero-order valence-electron chi connectivity index (χ0n) is 17.4. The molecule has 2 N–H and O–H groups in total. The van der Waals surface area contributed by atoms with Gasteiger partial charge in [-0.3, -0.25) is 4.79 Å². The monoisotopic (exact) mass is 428 g/mol. The molecule has 1 aliphatic carbocycles. The van der Waals surface area contributed by atoms with Crippen molar-refractivity contribution in [1.29, 1.82) is 0 Å². The molecule has 1 aliphatic heterocycles. The van der Waals surface area contributed by atoms with E-state index in [9.17, 15) is 13.2 Å². The summed E-state index contributed by atoms with van der Waals surface area (Å²) in [5.41, 5.74) is 3.45. The van der Waals surface area contributed by atoms with Crippen LogP contribution >= 0.6 is 0 Å². The first-order chi connectivity index (χ1) is 14.3. The Hall–Kier alpha value is -2.42. The van der Waals surface area contributed by atoms with Gasteiger partial charge in [-0.25, -0.2) is 13.1 Å². The summed E-state index contributed by atoms with van der Waals surface area (Å²) in [5.74, 6) is -0.263. The maximum absolute atomic E-state index is 12.6. The lowest BCUT2D eigenvalue weighted by Crippen LogP contribution is -2.44. The Labute approximate surface area is 178 Å². The maximum atomic E-state index is 12.6. The standard InChI is InChI=1S/C22H28N4O3S/c1-16-15-19(7-10-21(16)26-13-11-25(2)12-14-26)23-22(27)17-3-8-20(9-4-17)30(28,29)24-18-5-6-18/h3-4,7-10,15,18,24H,5-6,11-14H2,1-2H3,(H,23,27). The molecule has 2 fully saturated rings. The zero-order valence-corrected chi connectivity index (χ0v) is 18.2. The number of hydrogen-bond donors (Lipinski definition) is 2. The van der Waals surface area contributed by atoms with Crippen LogP contribution in [0.2, 0.25) is 0 Å². The van der Waals surface area contributed by atoms with E-state index in [4.69, 9.17) is 0 Å². The number of benzene rings is 2. The molecule has 7 nitrogen and oxygen atoms in total. The lowest BCUT2D eigenvalue weighted by atomic mass is 10.1. The largest absolute Gasteiger partial charge is 0.369 e. The number of carbonyl (C=O) groups is 1. The molecule has 8 heteroatoms. The van der Waals surface area contributed by atoms with Gasteiger partial charge in [-0.15, -0.1) is 0 Å². The second-order valence-corrected chi connectivity index (χ2v) is 9.88. The molecule has 0 atom stereocenters. The summed E-state index contributed by atoms with van der Waals surface area (Å²) in [4.78, 5) is 17.5. The second-order valence-electron chi connectivity index (χ2n) is 8.17. The van der Waals surface area contributed by atoms with Crippen molar-refractivity contribution in [2.24, 2.45) is 0 Å². The van der Waals surface area contributed by atoms with Gasteiger partial charge in [0.25, 0.3) is 5.91 Å². The minimum Gasteiger partial charge on any atom is -0.369 e. The lowest BCUT2D eigenvalue weighted by molar-refractivity contribution is 0.102. The first kappa shape index (κ1) is 20.8. The Morgan fingerprint density at radius 3 is 2.27 bits per heavy atom. The maximum Gasteiger partial charge on any atom is 0.255 e. The predicted molar refractivity (Wildman–Crippen MR) is 119 cm³/mol. The average Bonchev–Trinajstić information content (AvgIpc) is 3.52. The quantitative estimate of drug-likeness (QED) is 0.739. The van der Waals surface area contributed by atoms with E-state index in [-0.39, 0.29) is 16.8 Å². The first-order valence-corrected chi connectivity index (χ1v) is 11.8. The number of carbonyl (C=O) groups excluding carboxylic acids is 1. The van der Waals surface area contributed by atoms with E-state index in [0.717, 1.165) is 50.3 Å². The van der Waals surface area contributed by atoms with Gasteiger partial charge in [0.05, 0.1) is 4.90 Å². The zero-order chi connectivity index (χ0) is 21.3. The Bertz CT molecular complexity index is 1020. The third kappa shape index (κ3) is 4.83. The van der Waals surface area contributed by atoms with Gasteiger partial charge >= 0.3 is 0 Å². The van der Waals surface area contributed by atoms with Crippen LogP contribution in [-0.2, 0) is 10.0 Å². The molecule has 1 saturated carbocycles. The van der Waals surface area contributed by atoms with Crippen molar-refractivity contribution in [2.45, 2.75) is 30.7 Å². The number of rotatable bonds is 6. The molecule has 0 spiro atoms. The van der Waals surface area contributed by atoms with E-state index in [0.29, 0.717) is 5.56 Å². The molecular weight excluding hydrogens is 400 g/mol. The van der Waals surface area contributed by atoms with Gasteiger partial charge in [-0.05, 0) is 74.8 Å². The van der Waals surface area contributed by atoms with Crippen molar-refractivity contribution in [1.82, 2.24) is 9.62 Å². The van der Waals surface area contributed by atoms with E-state index < -0.39 is 10.0 Å². The second kappa shape index (κ2) is 8.37. The van der Waals surface area contributed by atoms with Crippen LogP contribution in [0.3, 0.4) is 0 Å². The van der Waals surface area contributed by atoms with Crippen LogP contribution in [0.5, 0.6) is 0 Å². The SMILES string of the molecule is Cc1cc(NC(=O)c2ccc(S(=O)(=O)NC3CC3)cc2)ccc1N1CCN(C)CC1. The summed E-state index contributed by atoms with van der Waals surface area (Å²) in [6.07, 6.45) is 1.76. The molecule has 0 unspecified atom stereocenters. The number of sulfonamides is 1. The summed E-state index contributed by atoms with van der Waals surface area (Å²) >= 11 is 0. The van der Waals surface area contributed by atoms with Crippen LogP contribution in [0.4, 0.5) is 11.4 Å². The van der Waals surface area contributed by atoms with E-state index in [1.54, 1.807) is 12.1 Å². The van der Waals surface area contributed by atoms with Gasteiger partial charge < -0.3 is 15.1 Å². The first-order valence-electron chi connectivity index (χ1n) is 10.3. The van der Waals surface area contributed by atoms with Crippen molar-refractivity contribution >= 4 is 27.3 Å². The summed E-state index contributed by atoms with van der Waals surface area (Å²) in [6, 6.07) is 12.0. The fourth-order valence-corrected chi connectivity index (χ4v) is 4.92. The predicted octanol–water partition coefficient (Wildman–Crippen LogP) is 2.44. The number of amides is 1. The minimum absolute atomic E-state index is 0.0510. The Kier molecular flexibility index (Phi) is 5.81. The summed E-state index contributed by atoms with van der Waals surface area (Å²) < 4.78 is 27.1. The topological polar surface area (TPSA) is 81.7 Å². The van der Waals surface area contributed by atoms with Crippen LogP contribution in [0.25, 0.3) is 0 Å². The molecule has 160 valence electrons. The van der Waals surface area contributed by atoms with Crippen molar-refractivity contribution < 1.29 is 13.2 Å². The van der Waals surface area contributed by atoms with Gasteiger partial charge in [0.15, 0.2) is 0 Å². The van der Waals surface area contributed by atoms with Crippen LogP contribution in [0, 0.1) is 6.92 Å². The molecular formula is C22H28N4O3S. The molecule has 2 aliphatic rings. The smallest absolute Gasteiger partial charge is 0.255 e. The molecule has 4 rings (SSSR count). The van der Waals surface area contributed by atoms with Crippen molar-refractivity contribution in [3.63, 3.8) is 0 Å². The fourth-order valence-electron chi connectivity index (χ4n) is 3.61. The summed E-state index contributed by atoms with van der Waals surface area (Å²) in [7, 11) is -1.38. The van der Waals surface area contributed by atoms with E-state index in [1.165, 1.54) is 17.8 Å². The molecule has 2 aromatic carbocycles. The third-order valence-electron chi connectivity index (χ3n) is 5.62. The average molecular weight is 429 g/mol. The van der Waals surface area contributed by atoms with E-state index in [1.807, 2.05) is 12.1 Å². The van der Waals surface area contributed by atoms with Crippen LogP contribution in [0.15, 0.2) is 47.4 Å². The molecule has 1 amide bonds. The third-order valence-corrected chi connectivity index (χ3v) is 7.16. The lowest BCUT2D eigenvalue weighted by Gasteiger charge is -2.35. The van der Waals surface area contributed by atoms with Gasteiger partial charge in [-0.2, -0.15) is 0 Å². The fraction of sp³-hybridized carbons (Fsp3) is 0.409. The number of nitrogens with zero attached hydrogens (tertiary/aromatic N) is 2. The van der Waals surface area contributed by atoms with E-state index in [2.05, 4.69) is 39.9 Å². The number of anilines is 2. The number of aryl methyl sites for hydroxylation is 1. The van der Waals surface area contributed by atoms with Crippen LogP contribution in [0.1, 0.15) is 28.8 Å². The highest BCUT2D eigenvalue weighted by molar-refractivity contribution is 7.89. The summed E-state index contributed by atoms with van der Waals surface area (Å²) in [5, 5.41) is 2.91. The van der Waals surface area contributed by atoms with Crippen molar-refractivity contribution in [3.05, 3.63) is 53.6 Å². The minimum atomic E-state index is -3.51. The van der Waals surface area contributed by atoms with E-state index >= 15 is 0 Å². The normalized spacial score (nSPS) is 17.7. The number of piperazine rings is 1. The van der Waals surface area contributed by atoms with Crippen molar-refractivity contribution in [3.8, 4) is 0 Å². The molecule has 0 radical (unpaired) electrons.